The van der Waals surface area contributed by atoms with Gasteiger partial charge in [0.05, 0.1) is 12.7 Å². The van der Waals surface area contributed by atoms with E-state index < -0.39 is 5.41 Å². The molecule has 0 radical (unpaired) electrons. The number of rotatable bonds is 4. The van der Waals surface area contributed by atoms with Crippen molar-refractivity contribution in [1.82, 2.24) is 4.90 Å². The summed E-state index contributed by atoms with van der Waals surface area (Å²) in [6.45, 7) is 7.46. The molecule has 4 heteroatoms. The van der Waals surface area contributed by atoms with E-state index in [9.17, 15) is 4.79 Å². The predicted molar refractivity (Wildman–Crippen MR) is 85.6 cm³/mol. The van der Waals surface area contributed by atoms with Gasteiger partial charge in [-0.1, -0.05) is 19.4 Å². The number of ether oxygens (including phenoxy) is 2. The summed E-state index contributed by atoms with van der Waals surface area (Å²) in [6.07, 6.45) is 7.88. The highest BCUT2D eigenvalue weighted by Crippen LogP contribution is 2.59. The number of nitrogens with zero attached hydrogens (tertiary/aromatic N) is 1. The van der Waals surface area contributed by atoms with Crippen LogP contribution >= 0.6 is 0 Å². The van der Waals surface area contributed by atoms with Crippen LogP contribution in [0.1, 0.15) is 46.0 Å². The molecule has 0 aromatic heterocycles. The van der Waals surface area contributed by atoms with Crippen molar-refractivity contribution in [2.75, 3.05) is 33.4 Å². The lowest BCUT2D eigenvalue weighted by atomic mass is 9.52. The zero-order chi connectivity index (χ0) is 15.8. The Kier molecular flexibility index (Phi) is 4.34. The molecule has 3 rings (SSSR count). The minimum absolute atomic E-state index is 0.0137. The highest BCUT2D eigenvalue weighted by atomic mass is 16.5. The SMILES string of the molecule is CCOC(=O)[C@@]12CCC[C@]3(CCC(OC)C=C31)CN(CC)C2. The Morgan fingerprint density at radius 3 is 2.82 bits per heavy atom. The first-order valence-corrected chi connectivity index (χ1v) is 8.75. The Hall–Kier alpha value is -0.870. The molecule has 3 aliphatic rings. The number of esters is 1. The van der Waals surface area contributed by atoms with Gasteiger partial charge in [-0.2, -0.15) is 0 Å². The van der Waals surface area contributed by atoms with Crippen molar-refractivity contribution in [1.29, 1.82) is 0 Å². The van der Waals surface area contributed by atoms with Gasteiger partial charge in [0.1, 0.15) is 5.41 Å². The van der Waals surface area contributed by atoms with Crippen molar-refractivity contribution in [2.24, 2.45) is 10.8 Å². The molecule has 0 N–H and O–H groups in total. The average Bonchev–Trinajstić information content (AvgIpc) is 2.53. The van der Waals surface area contributed by atoms with E-state index in [0.29, 0.717) is 6.61 Å². The van der Waals surface area contributed by atoms with E-state index >= 15 is 0 Å². The van der Waals surface area contributed by atoms with Crippen molar-refractivity contribution >= 4 is 5.97 Å². The van der Waals surface area contributed by atoms with Crippen LogP contribution in [-0.2, 0) is 14.3 Å². The van der Waals surface area contributed by atoms with Gasteiger partial charge in [-0.15, -0.1) is 0 Å². The lowest BCUT2D eigenvalue weighted by Gasteiger charge is -2.58. The van der Waals surface area contributed by atoms with Crippen molar-refractivity contribution in [3.8, 4) is 0 Å². The Morgan fingerprint density at radius 1 is 1.32 bits per heavy atom. The highest BCUT2D eigenvalue weighted by Gasteiger charge is 2.59. The third-order valence-electron chi connectivity index (χ3n) is 6.04. The molecule has 2 bridgehead atoms. The fourth-order valence-corrected chi connectivity index (χ4v) is 5.02. The molecule has 124 valence electrons. The van der Waals surface area contributed by atoms with Crippen LogP contribution in [0.3, 0.4) is 0 Å². The normalized spacial score (nSPS) is 38.1. The van der Waals surface area contributed by atoms with E-state index in [2.05, 4.69) is 17.9 Å². The van der Waals surface area contributed by atoms with Crippen LogP contribution in [0.25, 0.3) is 0 Å². The maximum atomic E-state index is 12.9. The van der Waals surface area contributed by atoms with Crippen LogP contribution in [-0.4, -0.2) is 50.3 Å². The lowest BCUT2D eigenvalue weighted by molar-refractivity contribution is -0.161. The standard InChI is InChI=1S/C18H29NO3/c1-4-19-12-17-8-6-9-18(13-19,16(20)22-5-2)15(17)11-14(21-3)7-10-17/h11,14H,4-10,12-13H2,1-3H3/t14?,17-,18+/m0/s1. The number of likely N-dealkylation sites (tertiary alicyclic amines) is 1. The fraction of sp³-hybridized carbons (Fsp3) is 0.833. The van der Waals surface area contributed by atoms with Gasteiger partial charge < -0.3 is 14.4 Å². The molecular weight excluding hydrogens is 278 g/mol. The van der Waals surface area contributed by atoms with E-state index in [1.807, 2.05) is 6.92 Å². The smallest absolute Gasteiger partial charge is 0.317 e. The summed E-state index contributed by atoms with van der Waals surface area (Å²) < 4.78 is 11.1. The zero-order valence-corrected chi connectivity index (χ0v) is 14.2. The number of carbonyl (C=O) groups is 1. The van der Waals surface area contributed by atoms with Crippen LogP contribution < -0.4 is 0 Å². The first-order chi connectivity index (χ1) is 10.6. The van der Waals surface area contributed by atoms with Crippen molar-refractivity contribution in [3.63, 3.8) is 0 Å². The third kappa shape index (κ3) is 2.31. The van der Waals surface area contributed by atoms with Gasteiger partial charge in [-0.25, -0.2) is 0 Å². The van der Waals surface area contributed by atoms with E-state index in [-0.39, 0.29) is 17.5 Å². The van der Waals surface area contributed by atoms with Gasteiger partial charge in [0.25, 0.3) is 0 Å². The molecule has 1 aliphatic heterocycles. The molecule has 2 aliphatic carbocycles. The highest BCUT2D eigenvalue weighted by molar-refractivity contribution is 5.82. The quantitative estimate of drug-likeness (QED) is 0.591. The molecule has 0 aromatic rings. The topological polar surface area (TPSA) is 38.8 Å². The Labute approximate surface area is 133 Å². The monoisotopic (exact) mass is 307 g/mol. The second kappa shape index (κ2) is 5.97. The second-order valence-corrected chi connectivity index (χ2v) is 7.13. The number of piperidine rings is 1. The summed E-state index contributed by atoms with van der Waals surface area (Å²) in [4.78, 5) is 15.4. The van der Waals surface area contributed by atoms with Gasteiger partial charge in [-0.3, -0.25) is 4.79 Å². The minimum Gasteiger partial charge on any atom is -0.465 e. The molecule has 0 spiro atoms. The molecule has 3 atom stereocenters. The zero-order valence-electron chi connectivity index (χ0n) is 14.2. The number of carbonyl (C=O) groups excluding carboxylic acids is 1. The maximum absolute atomic E-state index is 12.9. The molecule has 4 nitrogen and oxygen atoms in total. The summed E-state index contributed by atoms with van der Waals surface area (Å²) in [5.74, 6) is -0.0137. The molecule has 22 heavy (non-hydrogen) atoms. The summed E-state index contributed by atoms with van der Waals surface area (Å²) >= 11 is 0. The molecule has 1 unspecified atom stereocenters. The molecule has 1 heterocycles. The maximum Gasteiger partial charge on any atom is 0.317 e. The summed E-state index contributed by atoms with van der Waals surface area (Å²) in [6, 6.07) is 0. The largest absolute Gasteiger partial charge is 0.465 e. The lowest BCUT2D eigenvalue weighted by Crippen LogP contribution is -2.61. The Morgan fingerprint density at radius 2 is 2.14 bits per heavy atom. The van der Waals surface area contributed by atoms with E-state index in [1.165, 1.54) is 12.0 Å². The minimum atomic E-state index is -0.431. The van der Waals surface area contributed by atoms with E-state index in [1.54, 1.807) is 7.11 Å². The van der Waals surface area contributed by atoms with Gasteiger partial charge in [-0.05, 0) is 44.7 Å². The van der Waals surface area contributed by atoms with Crippen LogP contribution in [0.15, 0.2) is 11.6 Å². The first kappa shape index (κ1) is 16.0. The number of hydrogen-bond acceptors (Lipinski definition) is 4. The van der Waals surface area contributed by atoms with Gasteiger partial charge in [0, 0.05) is 25.6 Å². The van der Waals surface area contributed by atoms with E-state index in [0.717, 1.165) is 45.3 Å². The van der Waals surface area contributed by atoms with Gasteiger partial charge >= 0.3 is 5.97 Å². The third-order valence-corrected chi connectivity index (χ3v) is 6.04. The molecule has 2 fully saturated rings. The van der Waals surface area contributed by atoms with Crippen molar-refractivity contribution < 1.29 is 14.3 Å². The Balaban J connectivity index is 2.06. The number of methoxy groups -OCH3 is 1. The molecular formula is C18H29NO3. The van der Waals surface area contributed by atoms with Gasteiger partial charge in [0.15, 0.2) is 0 Å². The van der Waals surface area contributed by atoms with Crippen LogP contribution in [0, 0.1) is 10.8 Å². The summed E-state index contributed by atoms with van der Waals surface area (Å²) in [5, 5.41) is 0. The molecule has 1 saturated heterocycles. The van der Waals surface area contributed by atoms with Crippen LogP contribution in [0.4, 0.5) is 0 Å². The summed E-state index contributed by atoms with van der Waals surface area (Å²) in [5.41, 5.74) is 1.08. The predicted octanol–water partition coefficient (Wildman–Crippen LogP) is 2.78. The van der Waals surface area contributed by atoms with Crippen molar-refractivity contribution in [3.05, 3.63) is 11.6 Å². The van der Waals surface area contributed by atoms with Crippen molar-refractivity contribution in [2.45, 2.75) is 52.1 Å². The van der Waals surface area contributed by atoms with Gasteiger partial charge in [0.2, 0.25) is 0 Å². The summed E-state index contributed by atoms with van der Waals surface area (Å²) in [7, 11) is 1.77. The van der Waals surface area contributed by atoms with Crippen LogP contribution in [0.5, 0.6) is 0 Å². The number of hydrogen-bond donors (Lipinski definition) is 0. The first-order valence-electron chi connectivity index (χ1n) is 8.75. The van der Waals surface area contributed by atoms with Crippen LogP contribution in [0.2, 0.25) is 0 Å². The molecule has 0 amide bonds. The molecule has 1 saturated carbocycles. The second-order valence-electron chi connectivity index (χ2n) is 7.13. The Bertz CT molecular complexity index is 475. The average molecular weight is 307 g/mol. The molecule has 0 aromatic carbocycles. The van der Waals surface area contributed by atoms with E-state index in [4.69, 9.17) is 9.47 Å². The fourth-order valence-electron chi connectivity index (χ4n) is 5.02.